The fourth-order valence-corrected chi connectivity index (χ4v) is 5.10. The van der Waals surface area contributed by atoms with Crippen LogP contribution in [-0.2, 0) is 11.3 Å². The Morgan fingerprint density at radius 1 is 1.12 bits per heavy atom. The van der Waals surface area contributed by atoms with Crippen LogP contribution in [0.25, 0.3) is 0 Å². The summed E-state index contributed by atoms with van der Waals surface area (Å²) < 4.78 is 6.12. The van der Waals surface area contributed by atoms with Gasteiger partial charge in [0.05, 0.1) is 0 Å². The molecular weight excluding hydrogens is 419 g/mol. The van der Waals surface area contributed by atoms with Crippen LogP contribution in [0.4, 0.5) is 4.79 Å². The predicted octanol–water partition coefficient (Wildman–Crippen LogP) is 0.743. The third-order valence-corrected chi connectivity index (χ3v) is 6.59. The van der Waals surface area contributed by atoms with Gasteiger partial charge in [0.2, 0.25) is 0 Å². The topological polar surface area (TPSA) is 67.8 Å². The van der Waals surface area contributed by atoms with Gasteiger partial charge >= 0.3 is 152 Å². The number of halogens is 1. The number of carbonyl (C=O) groups excluding carboxylic acids is 1. The fourth-order valence-electron chi connectivity index (χ4n) is 2.03. The van der Waals surface area contributed by atoms with Crippen molar-refractivity contribution in [3.05, 3.63) is 74.7 Å². The maximum absolute atomic E-state index is 12.1. The van der Waals surface area contributed by atoms with Crippen molar-refractivity contribution in [1.29, 1.82) is 0 Å². The van der Waals surface area contributed by atoms with Gasteiger partial charge in [0.15, 0.2) is 0 Å². The average Bonchev–Trinajstić information content (AvgIpc) is 2.63. The summed E-state index contributed by atoms with van der Waals surface area (Å²) in [6.45, 7) is 2.10. The molecule has 2 rings (SSSR count). The molecule has 1 amide bonds. The van der Waals surface area contributed by atoms with Gasteiger partial charge in [-0.25, -0.2) is 0 Å². The number of alkyl halides is 1. The number of ether oxygens (including phenoxy) is 1. The monoisotopic (exact) mass is 439 g/mol. The number of hydrogen-bond donors (Lipinski definition) is 1. The molecule has 2 aromatic rings. The zero-order valence-electron chi connectivity index (χ0n) is 13.4. The molecule has 0 aliphatic rings. The van der Waals surface area contributed by atoms with Crippen LogP contribution in [0.15, 0.2) is 65.8 Å². The molecule has 0 aromatic heterocycles. The van der Waals surface area contributed by atoms with E-state index >= 15 is 0 Å². The Balaban J connectivity index is 1.96. The molecule has 6 heteroatoms. The molecule has 0 saturated heterocycles. The quantitative estimate of drug-likeness (QED) is 0.286. The molecular formula is C18H20IN2O3-. The third kappa shape index (κ3) is 5.92. The van der Waals surface area contributed by atoms with E-state index in [1.165, 1.54) is 0 Å². The molecule has 0 spiro atoms. The van der Waals surface area contributed by atoms with Gasteiger partial charge in [-0.05, 0) is 0 Å². The second-order valence-electron chi connectivity index (χ2n) is 5.09. The summed E-state index contributed by atoms with van der Waals surface area (Å²) in [7, 11) is 0. The first-order chi connectivity index (χ1) is 11.7. The predicted molar refractivity (Wildman–Crippen MR) is 88.6 cm³/mol. The van der Waals surface area contributed by atoms with Gasteiger partial charge in [-0.2, -0.15) is 0 Å². The summed E-state index contributed by atoms with van der Waals surface area (Å²) >= 11 is -0.598. The number of nitroso groups, excluding NO2 is 1. The first-order valence-corrected chi connectivity index (χ1v) is 10.0. The van der Waals surface area contributed by atoms with E-state index in [-0.39, 0.29) is 10.7 Å². The van der Waals surface area contributed by atoms with Gasteiger partial charge in [0.1, 0.15) is 0 Å². The van der Waals surface area contributed by atoms with Crippen LogP contribution < -0.4 is 26.5 Å². The van der Waals surface area contributed by atoms with E-state index in [1.54, 1.807) is 0 Å². The van der Waals surface area contributed by atoms with Crippen LogP contribution >= 0.6 is 0 Å². The number of rotatable bonds is 8. The number of benzene rings is 2. The molecule has 2 aromatic carbocycles. The molecule has 0 heterocycles. The molecule has 0 radical (unpaired) electrons. The van der Waals surface area contributed by atoms with Gasteiger partial charge in [-0.1, -0.05) is 0 Å². The van der Waals surface area contributed by atoms with Crippen molar-refractivity contribution in [1.82, 2.24) is 5.32 Å². The van der Waals surface area contributed by atoms with Gasteiger partial charge in [0, 0.05) is 0 Å². The number of hydrogen-bond acceptors (Lipinski definition) is 4. The maximum atomic E-state index is 12.1. The number of nitrogens with zero attached hydrogens (tertiary/aromatic N) is 1. The summed E-state index contributed by atoms with van der Waals surface area (Å²) in [5.74, 6) is 0. The van der Waals surface area contributed by atoms with Crippen molar-refractivity contribution in [2.24, 2.45) is 5.18 Å². The first-order valence-electron chi connectivity index (χ1n) is 7.71. The second-order valence-corrected chi connectivity index (χ2v) is 8.30. The summed E-state index contributed by atoms with van der Waals surface area (Å²) in [5.41, 5.74) is 0.919. The Labute approximate surface area is 152 Å². The van der Waals surface area contributed by atoms with Crippen LogP contribution in [0, 0.1) is 8.48 Å². The molecule has 0 saturated carbocycles. The van der Waals surface area contributed by atoms with Gasteiger partial charge in [-0.15, -0.1) is 0 Å². The second kappa shape index (κ2) is 10.0. The van der Waals surface area contributed by atoms with Crippen LogP contribution in [0.3, 0.4) is 0 Å². The van der Waals surface area contributed by atoms with E-state index < -0.39 is 33.3 Å². The Bertz CT molecular complexity index is 637. The van der Waals surface area contributed by atoms with Crippen molar-refractivity contribution in [2.45, 2.75) is 30.0 Å². The zero-order chi connectivity index (χ0) is 17.2. The zero-order valence-corrected chi connectivity index (χ0v) is 15.5. The van der Waals surface area contributed by atoms with E-state index in [9.17, 15) is 9.70 Å². The van der Waals surface area contributed by atoms with Crippen LogP contribution in [0.1, 0.15) is 18.9 Å². The van der Waals surface area contributed by atoms with Gasteiger partial charge < -0.3 is 0 Å². The van der Waals surface area contributed by atoms with Gasteiger partial charge in [0.25, 0.3) is 0 Å². The SMILES string of the molecule is CCC(N=O)[C@H](NC(=O)OCc1ccccc1)[I-]c1ccccc1. The molecule has 2 atom stereocenters. The summed E-state index contributed by atoms with van der Waals surface area (Å²) in [4.78, 5) is 23.2. The van der Waals surface area contributed by atoms with E-state index in [4.69, 9.17) is 4.74 Å². The van der Waals surface area contributed by atoms with Crippen molar-refractivity contribution < 1.29 is 30.7 Å². The van der Waals surface area contributed by atoms with Crippen molar-refractivity contribution in [2.75, 3.05) is 0 Å². The molecule has 0 aliphatic carbocycles. The van der Waals surface area contributed by atoms with Crippen LogP contribution in [-0.4, -0.2) is 16.2 Å². The number of nitrogens with one attached hydrogen (secondary N) is 1. The summed E-state index contributed by atoms with van der Waals surface area (Å²) in [6, 6.07) is 18.9. The standard InChI is InChI=1S/C18H20IN2O3/c1-2-16(21-23)17(19-15-11-7-4-8-12-15)20-18(22)24-13-14-9-5-3-6-10-14/h3-12,16-17H,2,13H2,1H3,(H,20,22)/q-1/t16?,17-/m0/s1. The normalized spacial score (nSPS) is 13.0. The van der Waals surface area contributed by atoms with E-state index in [1.807, 2.05) is 67.6 Å². The summed E-state index contributed by atoms with van der Waals surface area (Å²) in [6.07, 6.45) is 0.0706. The van der Waals surface area contributed by atoms with Crippen molar-refractivity contribution in [3.8, 4) is 0 Å². The van der Waals surface area contributed by atoms with E-state index in [0.29, 0.717) is 6.42 Å². The number of amides is 1. The number of alkyl carbamates (subject to hydrolysis) is 1. The Morgan fingerprint density at radius 3 is 2.33 bits per heavy atom. The third-order valence-electron chi connectivity index (χ3n) is 3.34. The molecule has 0 aliphatic heterocycles. The summed E-state index contributed by atoms with van der Waals surface area (Å²) in [5, 5.41) is 6.01. The molecule has 0 fully saturated rings. The molecule has 128 valence electrons. The number of carbonyl (C=O) groups is 1. The van der Waals surface area contributed by atoms with Crippen molar-refractivity contribution >= 4 is 6.09 Å². The Hall–Kier alpha value is -1.96. The molecule has 0 bridgehead atoms. The first kappa shape index (κ1) is 18.4. The van der Waals surface area contributed by atoms with Crippen molar-refractivity contribution in [3.63, 3.8) is 0 Å². The minimum absolute atomic E-state index is 0.203. The molecule has 24 heavy (non-hydrogen) atoms. The molecule has 5 nitrogen and oxygen atoms in total. The molecule has 1 N–H and O–H groups in total. The molecule has 1 unspecified atom stereocenters. The van der Waals surface area contributed by atoms with Crippen LogP contribution in [0.5, 0.6) is 0 Å². The minimum atomic E-state index is -0.598. The van der Waals surface area contributed by atoms with Gasteiger partial charge in [-0.3, -0.25) is 0 Å². The van der Waals surface area contributed by atoms with Crippen LogP contribution in [0.2, 0.25) is 0 Å². The Morgan fingerprint density at radius 2 is 1.75 bits per heavy atom. The van der Waals surface area contributed by atoms with E-state index in [2.05, 4.69) is 10.5 Å². The average molecular weight is 439 g/mol. The van der Waals surface area contributed by atoms with E-state index in [0.717, 1.165) is 9.13 Å². The fraction of sp³-hybridized carbons (Fsp3) is 0.278. The Kier molecular flexibility index (Phi) is 7.67.